The molecule has 0 aromatic heterocycles. The van der Waals surface area contributed by atoms with E-state index in [9.17, 15) is 4.79 Å². The van der Waals surface area contributed by atoms with Crippen LogP contribution in [-0.4, -0.2) is 18.4 Å². The Labute approximate surface area is 147 Å². The highest BCUT2D eigenvalue weighted by Gasteiger charge is 2.24. The summed E-state index contributed by atoms with van der Waals surface area (Å²) in [6.45, 7) is 4.29. The van der Waals surface area contributed by atoms with Gasteiger partial charge in [-0.3, -0.25) is 5.32 Å². The minimum Gasteiger partial charge on any atom is -0.445 e. The van der Waals surface area contributed by atoms with Crippen LogP contribution in [0.5, 0.6) is 0 Å². The van der Waals surface area contributed by atoms with Crippen LogP contribution in [0.4, 0.5) is 10.5 Å². The minimum absolute atomic E-state index is 0.0705. The average Bonchev–Trinajstić information content (AvgIpc) is 2.63. The van der Waals surface area contributed by atoms with Gasteiger partial charge in [0.05, 0.1) is 11.7 Å². The van der Waals surface area contributed by atoms with Gasteiger partial charge in [0.25, 0.3) is 0 Å². The summed E-state index contributed by atoms with van der Waals surface area (Å²) in [7, 11) is 0. The van der Waals surface area contributed by atoms with Crippen LogP contribution in [0.2, 0.25) is 0 Å². The lowest BCUT2D eigenvalue weighted by Gasteiger charge is -2.34. The maximum absolute atomic E-state index is 12.0. The van der Waals surface area contributed by atoms with Crippen LogP contribution in [0.15, 0.2) is 66.7 Å². The predicted molar refractivity (Wildman–Crippen MR) is 96.9 cm³/mol. The number of ether oxygens (including phenoxy) is 1. The van der Waals surface area contributed by atoms with Crippen molar-refractivity contribution in [2.45, 2.75) is 32.7 Å². The third-order valence-electron chi connectivity index (χ3n) is 3.92. The molecule has 1 aliphatic heterocycles. The summed E-state index contributed by atoms with van der Waals surface area (Å²) >= 11 is 0. The van der Waals surface area contributed by atoms with E-state index in [1.165, 1.54) is 5.56 Å². The van der Waals surface area contributed by atoms with Crippen molar-refractivity contribution in [3.8, 4) is 0 Å². The number of hydrogen-bond donors (Lipinski definition) is 1. The van der Waals surface area contributed by atoms with Gasteiger partial charge in [-0.25, -0.2) is 14.7 Å². The molecule has 130 valence electrons. The van der Waals surface area contributed by atoms with Crippen molar-refractivity contribution in [3.05, 3.63) is 77.9 Å². The van der Waals surface area contributed by atoms with Gasteiger partial charge in [0.2, 0.25) is 0 Å². The molecule has 1 N–H and O–H groups in total. The van der Waals surface area contributed by atoms with Crippen LogP contribution in [0.1, 0.15) is 18.1 Å². The molecule has 0 aliphatic carbocycles. The second kappa shape index (κ2) is 7.85. The zero-order valence-electron chi connectivity index (χ0n) is 14.4. The molecule has 1 aliphatic rings. The molecule has 1 amide bonds. The SMILES string of the molecule is Cc1ccc(N2OC(NC(=O)OCc3ccccc3)C=CC2C)cc1. The molecule has 0 saturated carbocycles. The highest BCUT2D eigenvalue weighted by Crippen LogP contribution is 2.22. The standard InChI is InChI=1S/C20H22N2O3/c1-15-8-11-18(12-9-15)22-16(2)10-13-19(25-22)21-20(23)24-14-17-6-4-3-5-7-17/h3-13,16,19H,14H2,1-2H3,(H,21,23). The van der Waals surface area contributed by atoms with Gasteiger partial charge in [0.15, 0.2) is 6.23 Å². The topological polar surface area (TPSA) is 50.8 Å². The first-order chi connectivity index (χ1) is 12.1. The van der Waals surface area contributed by atoms with Crippen molar-refractivity contribution in [2.75, 3.05) is 5.06 Å². The van der Waals surface area contributed by atoms with Gasteiger partial charge >= 0.3 is 6.09 Å². The Morgan fingerprint density at radius 3 is 2.56 bits per heavy atom. The molecule has 5 heteroatoms. The van der Waals surface area contributed by atoms with E-state index in [2.05, 4.69) is 5.32 Å². The molecule has 1 heterocycles. The molecule has 0 bridgehead atoms. The number of nitrogens with one attached hydrogen (secondary N) is 1. The molecule has 2 aromatic rings. The van der Waals surface area contributed by atoms with Crippen molar-refractivity contribution < 1.29 is 14.4 Å². The molecular formula is C20H22N2O3. The lowest BCUT2D eigenvalue weighted by Crippen LogP contribution is -2.46. The summed E-state index contributed by atoms with van der Waals surface area (Å²) in [6, 6.07) is 17.7. The van der Waals surface area contributed by atoms with Gasteiger partial charge in [-0.15, -0.1) is 0 Å². The number of benzene rings is 2. The first kappa shape index (κ1) is 17.0. The molecule has 2 unspecified atom stereocenters. The Balaban J connectivity index is 1.56. The number of aryl methyl sites for hydroxylation is 1. The van der Waals surface area contributed by atoms with Gasteiger partial charge < -0.3 is 4.74 Å². The van der Waals surface area contributed by atoms with Gasteiger partial charge in [0, 0.05) is 0 Å². The molecule has 3 rings (SSSR count). The van der Waals surface area contributed by atoms with Crippen LogP contribution in [0.3, 0.4) is 0 Å². The van der Waals surface area contributed by atoms with E-state index in [-0.39, 0.29) is 12.6 Å². The van der Waals surface area contributed by atoms with Crippen LogP contribution in [-0.2, 0) is 16.2 Å². The molecule has 2 atom stereocenters. The van der Waals surface area contributed by atoms with Crippen LogP contribution in [0.25, 0.3) is 0 Å². The first-order valence-electron chi connectivity index (χ1n) is 8.30. The lowest BCUT2D eigenvalue weighted by molar-refractivity contribution is 0.0209. The Kier molecular flexibility index (Phi) is 5.36. The van der Waals surface area contributed by atoms with E-state index in [0.29, 0.717) is 0 Å². The number of nitrogens with zero attached hydrogens (tertiary/aromatic N) is 1. The smallest absolute Gasteiger partial charge is 0.409 e. The van der Waals surface area contributed by atoms with Gasteiger partial charge in [-0.1, -0.05) is 54.1 Å². The number of anilines is 1. The van der Waals surface area contributed by atoms with Crippen molar-refractivity contribution in [2.24, 2.45) is 0 Å². The third kappa shape index (κ3) is 4.61. The predicted octanol–water partition coefficient (Wildman–Crippen LogP) is 3.94. The summed E-state index contributed by atoms with van der Waals surface area (Å²) in [4.78, 5) is 17.9. The Morgan fingerprint density at radius 2 is 1.84 bits per heavy atom. The number of rotatable bonds is 4. The van der Waals surface area contributed by atoms with E-state index in [1.807, 2.05) is 80.6 Å². The maximum atomic E-state index is 12.0. The summed E-state index contributed by atoms with van der Waals surface area (Å²) in [6.07, 6.45) is 2.72. The maximum Gasteiger partial charge on any atom is 0.409 e. The molecule has 0 fully saturated rings. The highest BCUT2D eigenvalue weighted by atomic mass is 16.7. The Bertz CT molecular complexity index is 728. The second-order valence-electron chi connectivity index (χ2n) is 6.02. The summed E-state index contributed by atoms with van der Waals surface area (Å²) in [5, 5.41) is 4.49. The monoisotopic (exact) mass is 338 g/mol. The van der Waals surface area contributed by atoms with E-state index < -0.39 is 12.3 Å². The molecule has 5 nitrogen and oxygen atoms in total. The summed E-state index contributed by atoms with van der Waals surface area (Å²) in [5.74, 6) is 0. The van der Waals surface area contributed by atoms with E-state index in [4.69, 9.17) is 9.57 Å². The van der Waals surface area contributed by atoms with Crippen LogP contribution < -0.4 is 10.4 Å². The molecule has 0 radical (unpaired) electrons. The minimum atomic E-state index is -0.569. The van der Waals surface area contributed by atoms with E-state index in [0.717, 1.165) is 11.3 Å². The normalized spacial score (nSPS) is 19.5. The van der Waals surface area contributed by atoms with Crippen molar-refractivity contribution in [3.63, 3.8) is 0 Å². The Morgan fingerprint density at radius 1 is 1.12 bits per heavy atom. The fourth-order valence-electron chi connectivity index (χ4n) is 2.54. The lowest BCUT2D eigenvalue weighted by atomic mass is 10.2. The van der Waals surface area contributed by atoms with Crippen LogP contribution in [0, 0.1) is 6.92 Å². The summed E-state index contributed by atoms with van der Waals surface area (Å²) < 4.78 is 5.23. The largest absolute Gasteiger partial charge is 0.445 e. The fourth-order valence-corrected chi connectivity index (χ4v) is 2.54. The number of hydrogen-bond acceptors (Lipinski definition) is 4. The number of alkyl carbamates (subject to hydrolysis) is 1. The highest BCUT2D eigenvalue weighted by molar-refractivity contribution is 5.67. The van der Waals surface area contributed by atoms with Gasteiger partial charge in [-0.05, 0) is 37.6 Å². The quantitative estimate of drug-likeness (QED) is 0.858. The molecule has 0 saturated heterocycles. The zero-order chi connectivity index (χ0) is 17.6. The molecule has 2 aromatic carbocycles. The Hall–Kier alpha value is -2.79. The van der Waals surface area contributed by atoms with E-state index in [1.54, 1.807) is 5.06 Å². The average molecular weight is 338 g/mol. The van der Waals surface area contributed by atoms with Crippen molar-refractivity contribution in [1.29, 1.82) is 0 Å². The van der Waals surface area contributed by atoms with Crippen molar-refractivity contribution >= 4 is 11.8 Å². The van der Waals surface area contributed by atoms with Gasteiger partial charge in [0.1, 0.15) is 6.61 Å². The molecule has 25 heavy (non-hydrogen) atoms. The first-order valence-corrected chi connectivity index (χ1v) is 8.30. The molecular weight excluding hydrogens is 316 g/mol. The van der Waals surface area contributed by atoms with Crippen molar-refractivity contribution in [1.82, 2.24) is 5.32 Å². The number of carbonyl (C=O) groups excluding carboxylic acids is 1. The molecule has 0 spiro atoms. The number of hydroxylamine groups is 1. The number of amides is 1. The van der Waals surface area contributed by atoms with Gasteiger partial charge in [-0.2, -0.15) is 0 Å². The zero-order valence-corrected chi connectivity index (χ0v) is 14.4. The fraction of sp³-hybridized carbons (Fsp3) is 0.250. The number of carbonyl (C=O) groups is 1. The van der Waals surface area contributed by atoms with E-state index >= 15 is 0 Å². The van der Waals surface area contributed by atoms with Crippen LogP contribution >= 0.6 is 0 Å². The third-order valence-corrected chi connectivity index (χ3v) is 3.92. The summed E-state index contributed by atoms with van der Waals surface area (Å²) in [5.41, 5.74) is 3.06. The second-order valence-corrected chi connectivity index (χ2v) is 6.02.